The largest absolute Gasteiger partial charge is 0.347 e. The Morgan fingerprint density at radius 3 is 2.74 bits per heavy atom. The van der Waals surface area contributed by atoms with E-state index in [2.05, 4.69) is 20.7 Å². The zero-order valence-electron chi connectivity index (χ0n) is 14.9. The molecule has 1 aliphatic rings. The lowest BCUT2D eigenvalue weighted by Gasteiger charge is -2.11. The van der Waals surface area contributed by atoms with Crippen LogP contribution in [0.4, 0.5) is 0 Å². The summed E-state index contributed by atoms with van der Waals surface area (Å²) in [6, 6.07) is 11.5. The second-order valence-corrected chi connectivity index (χ2v) is 6.64. The Morgan fingerprint density at radius 1 is 1.22 bits per heavy atom. The number of benzene rings is 1. The second-order valence-electron chi connectivity index (χ2n) is 6.64. The average molecular weight is 364 g/mol. The second kappa shape index (κ2) is 7.06. The van der Waals surface area contributed by atoms with Crippen LogP contribution in [0, 0.1) is 0 Å². The number of imidazole rings is 1. The maximum Gasteiger partial charge on any atom is 0.272 e. The highest BCUT2D eigenvalue weighted by molar-refractivity contribution is 5.93. The van der Waals surface area contributed by atoms with Gasteiger partial charge in [-0.3, -0.25) is 14.3 Å². The Morgan fingerprint density at radius 2 is 2.04 bits per heavy atom. The van der Waals surface area contributed by atoms with E-state index in [1.807, 2.05) is 30.3 Å². The van der Waals surface area contributed by atoms with Gasteiger partial charge in [0.15, 0.2) is 0 Å². The van der Waals surface area contributed by atoms with Crippen molar-refractivity contribution in [2.75, 3.05) is 0 Å². The lowest BCUT2D eigenvalue weighted by molar-refractivity contribution is 0.0921. The zero-order chi connectivity index (χ0) is 18.8. The van der Waals surface area contributed by atoms with Gasteiger partial charge in [-0.2, -0.15) is 5.10 Å². The fourth-order valence-corrected chi connectivity index (χ4v) is 3.22. The van der Waals surface area contributed by atoms with Crippen molar-refractivity contribution in [2.24, 2.45) is 7.05 Å². The Kier molecular flexibility index (Phi) is 4.45. The predicted molar refractivity (Wildman–Crippen MR) is 98.0 cm³/mol. The standard InChI is InChI=1S/C19H20N6O2/c1-24-12-20-10-17(24)19(27)22-14-7-15-8-16(23-25(15)11-14)18(26)21-9-13-5-3-2-4-6-13/h2-6,8,10,12,14H,7,9,11H2,1H3,(H,21,26)(H,22,27). The molecule has 0 saturated heterocycles. The van der Waals surface area contributed by atoms with Gasteiger partial charge < -0.3 is 15.2 Å². The van der Waals surface area contributed by atoms with Crippen LogP contribution >= 0.6 is 0 Å². The molecule has 1 unspecified atom stereocenters. The van der Waals surface area contributed by atoms with Crippen LogP contribution in [0.2, 0.25) is 0 Å². The molecule has 27 heavy (non-hydrogen) atoms. The van der Waals surface area contributed by atoms with Crippen LogP contribution in [0.3, 0.4) is 0 Å². The number of nitrogens with zero attached hydrogens (tertiary/aromatic N) is 4. The molecule has 2 aromatic heterocycles. The van der Waals surface area contributed by atoms with E-state index >= 15 is 0 Å². The number of rotatable bonds is 5. The van der Waals surface area contributed by atoms with Crippen LogP contribution in [0.15, 0.2) is 48.9 Å². The lowest BCUT2D eigenvalue weighted by atomic mass is 10.2. The average Bonchev–Trinajstić information content (AvgIpc) is 3.35. The van der Waals surface area contributed by atoms with Crippen molar-refractivity contribution >= 4 is 11.8 Å². The molecule has 0 bridgehead atoms. The first kappa shape index (κ1) is 17.0. The van der Waals surface area contributed by atoms with Gasteiger partial charge in [0, 0.05) is 25.7 Å². The molecule has 0 radical (unpaired) electrons. The lowest BCUT2D eigenvalue weighted by Crippen LogP contribution is -2.37. The van der Waals surface area contributed by atoms with Gasteiger partial charge in [-0.05, 0) is 11.6 Å². The number of carbonyl (C=O) groups is 2. The van der Waals surface area contributed by atoms with E-state index in [1.165, 1.54) is 6.20 Å². The molecule has 0 fully saturated rings. The van der Waals surface area contributed by atoms with E-state index in [9.17, 15) is 9.59 Å². The number of hydrogen-bond donors (Lipinski definition) is 2. The van der Waals surface area contributed by atoms with Crippen LogP contribution in [-0.4, -0.2) is 37.2 Å². The summed E-state index contributed by atoms with van der Waals surface area (Å²) < 4.78 is 3.46. The first-order valence-corrected chi connectivity index (χ1v) is 8.76. The van der Waals surface area contributed by atoms with Crippen LogP contribution < -0.4 is 10.6 Å². The first-order chi connectivity index (χ1) is 13.1. The van der Waals surface area contributed by atoms with E-state index < -0.39 is 0 Å². The molecule has 3 aromatic rings. The van der Waals surface area contributed by atoms with Crippen LogP contribution in [0.5, 0.6) is 0 Å². The van der Waals surface area contributed by atoms with Crippen LogP contribution in [-0.2, 0) is 26.6 Å². The summed E-state index contributed by atoms with van der Waals surface area (Å²) in [5.74, 6) is -0.359. The molecule has 1 atom stereocenters. The molecule has 0 saturated carbocycles. The molecule has 3 heterocycles. The van der Waals surface area contributed by atoms with E-state index in [4.69, 9.17) is 0 Å². The number of amides is 2. The molecule has 1 aliphatic heterocycles. The molecule has 8 heteroatoms. The van der Waals surface area contributed by atoms with Gasteiger partial charge in [-0.15, -0.1) is 0 Å². The van der Waals surface area contributed by atoms with Crippen molar-refractivity contribution in [3.05, 3.63) is 71.6 Å². The van der Waals surface area contributed by atoms with Gasteiger partial charge in [0.25, 0.3) is 11.8 Å². The third-order valence-corrected chi connectivity index (χ3v) is 4.63. The molecule has 8 nitrogen and oxygen atoms in total. The molecular formula is C19H20N6O2. The van der Waals surface area contributed by atoms with E-state index in [1.54, 1.807) is 28.7 Å². The number of hydrogen-bond acceptors (Lipinski definition) is 4. The highest BCUT2D eigenvalue weighted by Crippen LogP contribution is 2.17. The summed E-state index contributed by atoms with van der Waals surface area (Å²) >= 11 is 0. The fraction of sp³-hybridized carbons (Fsp3) is 0.263. The van der Waals surface area contributed by atoms with E-state index in [0.29, 0.717) is 30.9 Å². The SMILES string of the molecule is Cn1cncc1C(=O)NC1Cc2cc(C(=O)NCc3ccccc3)nn2C1. The topological polar surface area (TPSA) is 93.8 Å². The number of carbonyl (C=O) groups excluding carboxylic acids is 2. The Labute approximate surface area is 156 Å². The molecular weight excluding hydrogens is 344 g/mol. The van der Waals surface area contributed by atoms with Crippen molar-refractivity contribution in [1.29, 1.82) is 0 Å². The zero-order valence-corrected chi connectivity index (χ0v) is 14.9. The van der Waals surface area contributed by atoms with Gasteiger partial charge in [0.05, 0.1) is 25.1 Å². The number of aryl methyl sites for hydroxylation is 1. The summed E-state index contributed by atoms with van der Waals surface area (Å²) in [5, 5.41) is 10.2. The molecule has 2 N–H and O–H groups in total. The van der Waals surface area contributed by atoms with Gasteiger partial charge >= 0.3 is 0 Å². The normalized spacial score (nSPS) is 15.4. The van der Waals surface area contributed by atoms with Gasteiger partial charge in [0.2, 0.25) is 0 Å². The maximum atomic E-state index is 12.3. The van der Waals surface area contributed by atoms with Crippen LogP contribution in [0.1, 0.15) is 32.2 Å². The molecule has 2 amide bonds. The smallest absolute Gasteiger partial charge is 0.272 e. The molecule has 138 valence electrons. The third kappa shape index (κ3) is 3.59. The summed E-state index contributed by atoms with van der Waals surface area (Å²) in [7, 11) is 1.78. The van der Waals surface area contributed by atoms with Crippen molar-refractivity contribution < 1.29 is 9.59 Å². The highest BCUT2D eigenvalue weighted by atomic mass is 16.2. The first-order valence-electron chi connectivity index (χ1n) is 8.76. The van der Waals surface area contributed by atoms with E-state index in [-0.39, 0.29) is 17.9 Å². The minimum absolute atomic E-state index is 0.0451. The summed E-state index contributed by atoms with van der Waals surface area (Å²) in [6.45, 7) is 1.01. The quantitative estimate of drug-likeness (QED) is 0.703. The van der Waals surface area contributed by atoms with Gasteiger partial charge in [-0.25, -0.2) is 4.98 Å². The molecule has 0 spiro atoms. The third-order valence-electron chi connectivity index (χ3n) is 4.63. The van der Waals surface area contributed by atoms with Crippen molar-refractivity contribution in [3.63, 3.8) is 0 Å². The monoisotopic (exact) mass is 364 g/mol. The number of nitrogens with one attached hydrogen (secondary N) is 2. The minimum atomic E-state index is -0.198. The summed E-state index contributed by atoms with van der Waals surface area (Å²) in [4.78, 5) is 28.6. The molecule has 4 rings (SSSR count). The van der Waals surface area contributed by atoms with E-state index in [0.717, 1.165) is 11.3 Å². The number of fused-ring (bicyclic) bond motifs is 1. The Bertz CT molecular complexity index is 952. The Hall–Kier alpha value is -3.42. The van der Waals surface area contributed by atoms with Crippen molar-refractivity contribution in [2.45, 2.75) is 25.6 Å². The van der Waals surface area contributed by atoms with Gasteiger partial charge in [-0.1, -0.05) is 30.3 Å². The summed E-state index contributed by atoms with van der Waals surface area (Å²) in [5.41, 5.74) is 2.89. The predicted octanol–water partition coefficient (Wildman–Crippen LogP) is 0.901. The molecule has 1 aromatic carbocycles. The molecule has 0 aliphatic carbocycles. The van der Waals surface area contributed by atoms with Gasteiger partial charge in [0.1, 0.15) is 11.4 Å². The Balaban J connectivity index is 1.34. The fourth-order valence-electron chi connectivity index (χ4n) is 3.22. The summed E-state index contributed by atoms with van der Waals surface area (Å²) in [6.07, 6.45) is 3.77. The minimum Gasteiger partial charge on any atom is -0.347 e. The van der Waals surface area contributed by atoms with Crippen molar-refractivity contribution in [3.8, 4) is 0 Å². The maximum absolute atomic E-state index is 12.3. The number of aromatic nitrogens is 4. The highest BCUT2D eigenvalue weighted by Gasteiger charge is 2.27. The van der Waals surface area contributed by atoms with Crippen molar-refractivity contribution in [1.82, 2.24) is 30.0 Å². The van der Waals surface area contributed by atoms with Crippen LogP contribution in [0.25, 0.3) is 0 Å².